The minimum atomic E-state index is -0.255. The normalized spacial score (nSPS) is 31.5. The second-order valence-electron chi connectivity index (χ2n) is 2.63. The molecule has 0 aromatic rings. The lowest BCUT2D eigenvalue weighted by Crippen LogP contribution is -2.36. The Bertz CT molecular complexity index is 214. The minimum Gasteiger partial charge on any atom is -0.453 e. The van der Waals surface area contributed by atoms with Crippen molar-refractivity contribution in [2.45, 2.75) is 12.1 Å². The third-order valence-corrected chi connectivity index (χ3v) is 2.04. The van der Waals surface area contributed by atoms with Crippen LogP contribution >= 0.6 is 0 Å². The summed E-state index contributed by atoms with van der Waals surface area (Å²) in [6.45, 7) is 0. The maximum Gasteiger partial charge on any atom is 0.410 e. The fourth-order valence-corrected chi connectivity index (χ4v) is 1.50. The van der Waals surface area contributed by atoms with Crippen molar-refractivity contribution in [1.29, 1.82) is 0 Å². The van der Waals surface area contributed by atoms with Gasteiger partial charge in [0.25, 0.3) is 0 Å². The molecule has 11 heavy (non-hydrogen) atoms. The number of carbonyl (C=O) groups excluding carboxylic acids is 1. The Kier molecular flexibility index (Phi) is 1.24. The summed E-state index contributed by atoms with van der Waals surface area (Å²) in [5.74, 6) is 0. The van der Waals surface area contributed by atoms with Crippen molar-refractivity contribution in [3.05, 3.63) is 24.3 Å². The third kappa shape index (κ3) is 0.770. The topological polar surface area (TPSA) is 29.5 Å². The summed E-state index contributed by atoms with van der Waals surface area (Å²) in [6.07, 6.45) is 7.75. The highest BCUT2D eigenvalue weighted by atomic mass is 16.5. The first-order valence-corrected chi connectivity index (χ1v) is 3.56. The van der Waals surface area contributed by atoms with Gasteiger partial charge in [-0.2, -0.15) is 0 Å². The van der Waals surface area contributed by atoms with E-state index in [0.717, 1.165) is 0 Å². The number of nitrogens with zero attached hydrogens (tertiary/aromatic N) is 1. The predicted octanol–water partition coefficient (Wildman–Crippen LogP) is 0.932. The fraction of sp³-hybridized carbons (Fsp3) is 0.375. The molecular formula is C8H9NO2. The number of carbonyl (C=O) groups is 1. The van der Waals surface area contributed by atoms with Crippen molar-refractivity contribution in [3.8, 4) is 0 Å². The molecule has 0 radical (unpaired) electrons. The van der Waals surface area contributed by atoms with E-state index < -0.39 is 0 Å². The van der Waals surface area contributed by atoms with Gasteiger partial charge in [-0.15, -0.1) is 0 Å². The smallest absolute Gasteiger partial charge is 0.410 e. The third-order valence-electron chi connectivity index (χ3n) is 2.04. The van der Waals surface area contributed by atoms with Crippen LogP contribution in [0.1, 0.15) is 0 Å². The molecule has 0 N–H and O–H groups in total. The molecule has 2 aliphatic heterocycles. The summed E-state index contributed by atoms with van der Waals surface area (Å²) in [7, 11) is 1.40. The molecule has 0 spiro atoms. The molecule has 0 atom stereocenters. The Balaban J connectivity index is 2.16. The molecule has 0 saturated heterocycles. The second-order valence-corrected chi connectivity index (χ2v) is 2.63. The predicted molar refractivity (Wildman–Crippen MR) is 40.1 cm³/mol. The highest BCUT2D eigenvalue weighted by Gasteiger charge is 2.34. The zero-order valence-corrected chi connectivity index (χ0v) is 6.23. The van der Waals surface area contributed by atoms with Crippen LogP contribution in [-0.2, 0) is 4.74 Å². The number of ether oxygens (including phenoxy) is 1. The molecule has 0 saturated carbocycles. The van der Waals surface area contributed by atoms with Crippen LogP contribution in [0.25, 0.3) is 0 Å². The van der Waals surface area contributed by atoms with E-state index in [1.54, 1.807) is 4.90 Å². The SMILES string of the molecule is COC(=O)N1C2C=CC1C=C2. The Morgan fingerprint density at radius 1 is 1.27 bits per heavy atom. The van der Waals surface area contributed by atoms with Gasteiger partial charge in [-0.05, 0) is 0 Å². The molecule has 1 amide bonds. The first-order chi connectivity index (χ1) is 5.33. The van der Waals surface area contributed by atoms with Crippen molar-refractivity contribution in [3.63, 3.8) is 0 Å². The molecule has 2 rings (SSSR count). The molecule has 2 bridgehead atoms. The average molecular weight is 151 g/mol. The molecule has 0 fully saturated rings. The highest BCUT2D eigenvalue weighted by Crippen LogP contribution is 2.25. The molecule has 2 heterocycles. The molecule has 2 aliphatic rings. The van der Waals surface area contributed by atoms with Gasteiger partial charge >= 0.3 is 6.09 Å². The molecule has 0 aliphatic carbocycles. The van der Waals surface area contributed by atoms with Crippen LogP contribution in [0.15, 0.2) is 24.3 Å². The number of hydrogen-bond acceptors (Lipinski definition) is 2. The summed E-state index contributed by atoms with van der Waals surface area (Å²) in [5, 5.41) is 0. The van der Waals surface area contributed by atoms with E-state index in [1.807, 2.05) is 24.3 Å². The van der Waals surface area contributed by atoms with Crippen molar-refractivity contribution in [2.75, 3.05) is 7.11 Å². The van der Waals surface area contributed by atoms with Gasteiger partial charge in [-0.25, -0.2) is 4.79 Å². The quantitative estimate of drug-likeness (QED) is 0.482. The van der Waals surface area contributed by atoms with Crippen LogP contribution < -0.4 is 0 Å². The van der Waals surface area contributed by atoms with Crippen molar-refractivity contribution < 1.29 is 9.53 Å². The largest absolute Gasteiger partial charge is 0.453 e. The monoisotopic (exact) mass is 151 g/mol. The minimum absolute atomic E-state index is 0.132. The maximum absolute atomic E-state index is 11.1. The fourth-order valence-electron chi connectivity index (χ4n) is 1.50. The van der Waals surface area contributed by atoms with Gasteiger partial charge in [-0.3, -0.25) is 4.90 Å². The molecule has 58 valence electrons. The number of fused-ring (bicyclic) bond motifs is 2. The van der Waals surface area contributed by atoms with Gasteiger partial charge in [0.1, 0.15) is 0 Å². The summed E-state index contributed by atoms with van der Waals surface area (Å²) in [5.41, 5.74) is 0. The molecule has 0 aromatic carbocycles. The molecular weight excluding hydrogens is 142 g/mol. The average Bonchev–Trinajstić information content (AvgIpc) is 2.61. The first-order valence-electron chi connectivity index (χ1n) is 3.56. The maximum atomic E-state index is 11.1. The van der Waals surface area contributed by atoms with E-state index in [9.17, 15) is 4.79 Å². The van der Waals surface area contributed by atoms with E-state index in [2.05, 4.69) is 4.74 Å². The molecule has 3 heteroatoms. The van der Waals surface area contributed by atoms with E-state index in [-0.39, 0.29) is 18.2 Å². The van der Waals surface area contributed by atoms with Crippen molar-refractivity contribution in [2.24, 2.45) is 0 Å². The van der Waals surface area contributed by atoms with Gasteiger partial charge in [0, 0.05) is 0 Å². The Hall–Kier alpha value is -1.25. The molecule has 0 aromatic heterocycles. The van der Waals surface area contributed by atoms with Gasteiger partial charge in [0.15, 0.2) is 0 Å². The van der Waals surface area contributed by atoms with Crippen molar-refractivity contribution >= 4 is 6.09 Å². The standard InChI is InChI=1S/C8H9NO2/c1-11-8(10)9-6-2-3-7(9)5-4-6/h2-7H,1H3. The number of methoxy groups -OCH3 is 1. The zero-order valence-electron chi connectivity index (χ0n) is 6.23. The van der Waals surface area contributed by atoms with Crippen LogP contribution in [-0.4, -0.2) is 30.2 Å². The number of amides is 1. The second kappa shape index (κ2) is 2.12. The summed E-state index contributed by atoms with van der Waals surface area (Å²) in [6, 6.07) is 0.264. The molecule has 3 nitrogen and oxygen atoms in total. The molecule has 0 unspecified atom stereocenters. The summed E-state index contributed by atoms with van der Waals surface area (Å²) in [4.78, 5) is 12.8. The Morgan fingerprint density at radius 2 is 1.73 bits per heavy atom. The Labute approximate surface area is 64.9 Å². The highest BCUT2D eigenvalue weighted by molar-refractivity contribution is 5.71. The van der Waals surface area contributed by atoms with Crippen LogP contribution in [0.5, 0.6) is 0 Å². The lowest BCUT2D eigenvalue weighted by molar-refractivity contribution is 0.123. The summed E-state index contributed by atoms with van der Waals surface area (Å²) >= 11 is 0. The first kappa shape index (κ1) is 6.46. The van der Waals surface area contributed by atoms with E-state index in [0.29, 0.717) is 0 Å². The zero-order chi connectivity index (χ0) is 7.84. The lowest BCUT2D eigenvalue weighted by atomic mass is 10.2. The van der Waals surface area contributed by atoms with Crippen LogP contribution in [0.4, 0.5) is 4.79 Å². The summed E-state index contributed by atoms with van der Waals surface area (Å²) < 4.78 is 4.62. The number of rotatable bonds is 0. The van der Waals surface area contributed by atoms with Gasteiger partial charge < -0.3 is 4.74 Å². The van der Waals surface area contributed by atoms with E-state index >= 15 is 0 Å². The van der Waals surface area contributed by atoms with E-state index in [4.69, 9.17) is 0 Å². The van der Waals surface area contributed by atoms with Gasteiger partial charge in [-0.1, -0.05) is 24.3 Å². The van der Waals surface area contributed by atoms with Crippen molar-refractivity contribution in [1.82, 2.24) is 4.90 Å². The Morgan fingerprint density at radius 3 is 2.09 bits per heavy atom. The van der Waals surface area contributed by atoms with Crippen LogP contribution in [0.2, 0.25) is 0 Å². The lowest BCUT2D eigenvalue weighted by Gasteiger charge is -2.19. The van der Waals surface area contributed by atoms with Gasteiger partial charge in [0.05, 0.1) is 19.2 Å². The van der Waals surface area contributed by atoms with Crippen LogP contribution in [0, 0.1) is 0 Å². The van der Waals surface area contributed by atoms with Gasteiger partial charge in [0.2, 0.25) is 0 Å². The number of hydrogen-bond donors (Lipinski definition) is 0. The van der Waals surface area contributed by atoms with Crippen LogP contribution in [0.3, 0.4) is 0 Å². The van der Waals surface area contributed by atoms with E-state index in [1.165, 1.54) is 7.11 Å².